The van der Waals surface area contributed by atoms with E-state index in [9.17, 15) is 28.5 Å². The molecule has 4 heterocycles. The molecule has 0 radical (unpaired) electrons. The Hall–Kier alpha value is -5.99. The molecule has 16 nitrogen and oxygen atoms in total. The molecule has 18 heteroatoms. The predicted octanol–water partition coefficient (Wildman–Crippen LogP) is 5.22. The van der Waals surface area contributed by atoms with Crippen molar-refractivity contribution < 1.29 is 38.0 Å². The summed E-state index contributed by atoms with van der Waals surface area (Å²) < 4.78 is 24.5. The number of benzene rings is 3. The Labute approximate surface area is 345 Å². The van der Waals surface area contributed by atoms with E-state index in [0.29, 0.717) is 52.8 Å². The molecule has 59 heavy (non-hydrogen) atoms. The summed E-state index contributed by atoms with van der Waals surface area (Å²) in [4.78, 5) is 75.3. The van der Waals surface area contributed by atoms with Crippen molar-refractivity contribution >= 4 is 82.4 Å². The zero-order valence-electron chi connectivity index (χ0n) is 32.7. The minimum atomic E-state index is -2.58. The summed E-state index contributed by atoms with van der Waals surface area (Å²) in [5.41, 5.74) is 2.46. The number of para-hydroxylation sites is 1. The van der Waals surface area contributed by atoms with Crippen LogP contribution in [0.15, 0.2) is 66.9 Å². The van der Waals surface area contributed by atoms with Gasteiger partial charge in [0.05, 0.1) is 42.4 Å². The van der Waals surface area contributed by atoms with Crippen molar-refractivity contribution in [2.24, 2.45) is 0 Å². The highest BCUT2D eigenvalue weighted by atomic mass is 35.5. The Bertz CT molecular complexity index is 2370. The van der Waals surface area contributed by atoms with Crippen molar-refractivity contribution in [2.75, 3.05) is 55.7 Å². The number of halogens is 1. The smallest absolute Gasteiger partial charge is 0.266 e. The van der Waals surface area contributed by atoms with Crippen LogP contribution in [0.3, 0.4) is 0 Å². The number of hydrogen-bond acceptors (Lipinski definition) is 13. The molecule has 7 rings (SSSR count). The quantitative estimate of drug-likeness (QED) is 0.0733. The largest absolute Gasteiger partial charge is 0.494 e. The molecule has 0 spiro atoms. The van der Waals surface area contributed by atoms with Crippen molar-refractivity contribution in [1.82, 2.24) is 25.5 Å². The van der Waals surface area contributed by atoms with E-state index >= 15 is 0 Å². The topological polar surface area (TPSA) is 201 Å². The highest BCUT2D eigenvalue weighted by Crippen LogP contribution is 2.39. The zero-order chi connectivity index (χ0) is 41.8. The predicted molar refractivity (Wildman–Crippen MR) is 223 cm³/mol. The summed E-state index contributed by atoms with van der Waals surface area (Å²) in [6, 6.07) is 16.7. The molecule has 0 bridgehead atoms. The van der Waals surface area contributed by atoms with Gasteiger partial charge in [-0.3, -0.25) is 34.2 Å². The third-order valence-electron chi connectivity index (χ3n) is 10.4. The number of carbonyl (C=O) groups is 5. The van der Waals surface area contributed by atoms with E-state index in [0.717, 1.165) is 23.4 Å². The van der Waals surface area contributed by atoms with E-state index in [1.54, 1.807) is 32.6 Å². The maximum Gasteiger partial charge on any atom is 0.266 e. The number of amides is 5. The Balaban J connectivity index is 0.882. The number of ether oxygens (including phenoxy) is 2. The summed E-state index contributed by atoms with van der Waals surface area (Å²) in [6.07, 6.45) is 3.64. The molecule has 0 aliphatic carbocycles. The standard InChI is InChI=1S/C41H44ClN8O8P/c1-57-32-22-25(13-14-28(32)46-41-43-23-27(42)37(48-41)45-29-9-4-5-11-33(29)59(2,3)56)49-19-17-24(18-20-49)44-34(51)12-7-21-58-31-10-6-8-26-36(31)40(55)50(39(26)54)30-15-16-35(52)47-38(30)53/h4-6,8-11,13-14,22-24,30H,7,12,15-21H2,1-3H3,(H,44,51)(H,47,52,53)(H2,43,45,46,48). The van der Waals surface area contributed by atoms with Crippen LogP contribution in [0.1, 0.15) is 59.2 Å². The molecule has 1 unspecified atom stereocenters. The molecule has 2 fully saturated rings. The fourth-order valence-electron chi connectivity index (χ4n) is 7.39. The Morgan fingerprint density at radius 1 is 0.949 bits per heavy atom. The van der Waals surface area contributed by atoms with E-state index < -0.39 is 36.8 Å². The van der Waals surface area contributed by atoms with Gasteiger partial charge in [-0.1, -0.05) is 29.8 Å². The number of imide groups is 2. The number of carbonyl (C=O) groups excluding carboxylic acids is 5. The lowest BCUT2D eigenvalue weighted by Crippen LogP contribution is -2.54. The molecule has 0 saturated carbocycles. The second-order valence-corrected chi connectivity index (χ2v) is 18.4. The summed E-state index contributed by atoms with van der Waals surface area (Å²) in [5, 5.41) is 12.7. The highest BCUT2D eigenvalue weighted by Gasteiger charge is 2.46. The van der Waals surface area contributed by atoms with Gasteiger partial charge in [-0.05, 0) is 75.4 Å². The molecule has 2 saturated heterocycles. The lowest BCUT2D eigenvalue weighted by Gasteiger charge is -2.34. The van der Waals surface area contributed by atoms with Gasteiger partial charge in [-0.25, -0.2) is 4.98 Å². The number of hydrogen-bond donors (Lipinski definition) is 4. The number of piperidine rings is 2. The first-order chi connectivity index (χ1) is 28.3. The van der Waals surface area contributed by atoms with Crippen LogP contribution in [0.5, 0.6) is 11.5 Å². The van der Waals surface area contributed by atoms with Crippen molar-refractivity contribution in [2.45, 2.75) is 50.6 Å². The molecule has 1 atom stereocenters. The van der Waals surface area contributed by atoms with E-state index in [4.69, 9.17) is 21.1 Å². The fraction of sp³-hybridized carbons (Fsp3) is 0.341. The van der Waals surface area contributed by atoms with Gasteiger partial charge in [0.1, 0.15) is 29.7 Å². The molecule has 308 valence electrons. The molecule has 4 aromatic rings. The molecule has 4 N–H and O–H groups in total. The van der Waals surface area contributed by atoms with Gasteiger partial charge in [0, 0.05) is 49.0 Å². The van der Waals surface area contributed by atoms with Gasteiger partial charge in [0.25, 0.3) is 11.8 Å². The maximum atomic E-state index is 13.3. The Kier molecular flexibility index (Phi) is 12.2. The second-order valence-electron chi connectivity index (χ2n) is 14.8. The van der Waals surface area contributed by atoms with Crippen LogP contribution in [0.4, 0.5) is 28.8 Å². The molecule has 3 aliphatic heterocycles. The summed E-state index contributed by atoms with van der Waals surface area (Å²) >= 11 is 6.44. The second kappa shape index (κ2) is 17.5. The van der Waals surface area contributed by atoms with Gasteiger partial charge in [0.15, 0.2) is 5.82 Å². The zero-order valence-corrected chi connectivity index (χ0v) is 34.4. The first-order valence-corrected chi connectivity index (χ1v) is 22.2. The van der Waals surface area contributed by atoms with E-state index in [2.05, 4.69) is 36.1 Å². The van der Waals surface area contributed by atoms with Crippen LogP contribution >= 0.6 is 18.7 Å². The lowest BCUT2D eigenvalue weighted by molar-refractivity contribution is -0.136. The Morgan fingerprint density at radius 2 is 1.73 bits per heavy atom. The van der Waals surface area contributed by atoms with E-state index in [1.165, 1.54) is 12.3 Å². The summed E-state index contributed by atoms with van der Waals surface area (Å²) in [7, 11) is -0.990. The number of nitrogens with zero attached hydrogens (tertiary/aromatic N) is 4. The molecular formula is C41H44ClN8O8P. The normalized spacial score (nSPS) is 17.1. The van der Waals surface area contributed by atoms with E-state index in [-0.39, 0.29) is 60.6 Å². The third kappa shape index (κ3) is 9.18. The molecule has 3 aromatic carbocycles. The van der Waals surface area contributed by atoms with Crippen molar-refractivity contribution in [3.05, 3.63) is 83.0 Å². The number of nitrogens with one attached hydrogen (secondary N) is 4. The van der Waals surface area contributed by atoms with Gasteiger partial charge < -0.3 is 34.9 Å². The number of rotatable bonds is 14. The van der Waals surface area contributed by atoms with Gasteiger partial charge in [0.2, 0.25) is 23.7 Å². The summed E-state index contributed by atoms with van der Waals surface area (Å²) in [5.74, 6) is -1.06. The molecule has 1 aromatic heterocycles. The van der Waals surface area contributed by atoms with Crippen LogP contribution in [-0.2, 0) is 18.9 Å². The third-order valence-corrected chi connectivity index (χ3v) is 12.2. The van der Waals surface area contributed by atoms with Crippen LogP contribution in [0, 0.1) is 0 Å². The number of anilines is 5. The van der Waals surface area contributed by atoms with Crippen LogP contribution in [-0.4, -0.2) is 96.6 Å². The molecule has 5 amide bonds. The first kappa shape index (κ1) is 41.2. The molecule has 3 aliphatic rings. The highest BCUT2D eigenvalue weighted by molar-refractivity contribution is 7.70. The lowest BCUT2D eigenvalue weighted by atomic mass is 10.0. The minimum Gasteiger partial charge on any atom is -0.494 e. The van der Waals surface area contributed by atoms with E-state index in [1.807, 2.05) is 42.5 Å². The maximum absolute atomic E-state index is 13.3. The van der Waals surface area contributed by atoms with Gasteiger partial charge in [-0.2, -0.15) is 4.98 Å². The van der Waals surface area contributed by atoms with Gasteiger partial charge >= 0.3 is 0 Å². The number of fused-ring (bicyclic) bond motifs is 1. The monoisotopic (exact) mass is 842 g/mol. The van der Waals surface area contributed by atoms with Gasteiger partial charge in [-0.15, -0.1) is 0 Å². The van der Waals surface area contributed by atoms with Crippen LogP contribution in [0.25, 0.3) is 0 Å². The van der Waals surface area contributed by atoms with Crippen LogP contribution in [0.2, 0.25) is 5.02 Å². The number of methoxy groups -OCH3 is 1. The molecular weight excluding hydrogens is 799 g/mol. The SMILES string of the molecule is COc1cc(N2CCC(NC(=O)CCCOc3cccc4c3C(=O)N(C3CCC(=O)NC3=O)C4=O)CC2)ccc1Nc1ncc(Cl)c(Nc2ccccc2P(C)(C)=O)n1. The number of aromatic nitrogens is 2. The van der Waals surface area contributed by atoms with Crippen molar-refractivity contribution in [1.29, 1.82) is 0 Å². The average Bonchev–Trinajstić information content (AvgIpc) is 3.47. The minimum absolute atomic E-state index is 0.000191. The average molecular weight is 843 g/mol. The fourth-order valence-corrected chi connectivity index (χ4v) is 8.69. The van der Waals surface area contributed by atoms with Crippen molar-refractivity contribution in [3.63, 3.8) is 0 Å². The van der Waals surface area contributed by atoms with Crippen molar-refractivity contribution in [3.8, 4) is 11.5 Å². The summed E-state index contributed by atoms with van der Waals surface area (Å²) in [6.45, 7) is 4.97. The first-order valence-electron chi connectivity index (χ1n) is 19.2. The van der Waals surface area contributed by atoms with Crippen LogP contribution < -0.4 is 40.9 Å². The Morgan fingerprint density at radius 3 is 2.47 bits per heavy atom.